The number of H-pyrrole nitrogens is 1. The SMILES string of the molecule is Cc1cncc(/C=C/C(=O)N2CCC(c3nc(N(C)C)n[nH]3)CC2)c1. The molecule has 0 saturated carbocycles. The molecule has 1 N–H and O–H groups in total. The van der Waals surface area contributed by atoms with Gasteiger partial charge in [0, 0.05) is 51.6 Å². The van der Waals surface area contributed by atoms with Crippen LogP contribution < -0.4 is 4.90 Å². The lowest BCUT2D eigenvalue weighted by Gasteiger charge is -2.30. The van der Waals surface area contributed by atoms with Gasteiger partial charge < -0.3 is 9.80 Å². The molecule has 1 fully saturated rings. The molecule has 3 heterocycles. The highest BCUT2D eigenvalue weighted by atomic mass is 16.2. The number of anilines is 1. The molecule has 1 saturated heterocycles. The van der Waals surface area contributed by atoms with Crippen LogP contribution in [-0.4, -0.2) is 58.2 Å². The van der Waals surface area contributed by atoms with E-state index in [0.717, 1.165) is 42.9 Å². The fraction of sp³-hybridized carbons (Fsp3) is 0.444. The van der Waals surface area contributed by atoms with Crippen molar-refractivity contribution in [3.8, 4) is 0 Å². The summed E-state index contributed by atoms with van der Waals surface area (Å²) >= 11 is 0. The van der Waals surface area contributed by atoms with Gasteiger partial charge in [-0.3, -0.25) is 14.9 Å². The highest BCUT2D eigenvalue weighted by Gasteiger charge is 2.25. The number of likely N-dealkylation sites (tertiary alicyclic amines) is 1. The fourth-order valence-corrected chi connectivity index (χ4v) is 2.96. The highest BCUT2D eigenvalue weighted by Crippen LogP contribution is 2.26. The van der Waals surface area contributed by atoms with Crippen LogP contribution in [0.3, 0.4) is 0 Å². The number of hydrogen-bond acceptors (Lipinski definition) is 5. The molecule has 2 aromatic rings. The molecule has 2 aromatic heterocycles. The summed E-state index contributed by atoms with van der Waals surface area (Å²) in [6, 6.07) is 2.01. The first-order chi connectivity index (χ1) is 12.0. The summed E-state index contributed by atoms with van der Waals surface area (Å²) in [4.78, 5) is 24.8. The number of amides is 1. The van der Waals surface area contributed by atoms with Crippen LogP contribution in [-0.2, 0) is 4.79 Å². The number of hydrogen-bond donors (Lipinski definition) is 1. The molecule has 0 aromatic carbocycles. The zero-order chi connectivity index (χ0) is 17.8. The second-order valence-corrected chi connectivity index (χ2v) is 6.64. The first-order valence-corrected chi connectivity index (χ1v) is 8.51. The van der Waals surface area contributed by atoms with Gasteiger partial charge in [0.15, 0.2) is 0 Å². The van der Waals surface area contributed by atoms with Crippen molar-refractivity contribution in [3.05, 3.63) is 41.5 Å². The van der Waals surface area contributed by atoms with Crippen LogP contribution in [0.4, 0.5) is 5.95 Å². The van der Waals surface area contributed by atoms with Crippen molar-refractivity contribution < 1.29 is 4.79 Å². The van der Waals surface area contributed by atoms with E-state index in [2.05, 4.69) is 20.2 Å². The number of aromatic nitrogens is 4. The van der Waals surface area contributed by atoms with Gasteiger partial charge in [-0.2, -0.15) is 4.98 Å². The van der Waals surface area contributed by atoms with E-state index in [0.29, 0.717) is 11.9 Å². The molecule has 7 nitrogen and oxygen atoms in total. The predicted octanol–water partition coefficient (Wildman–Crippen LogP) is 1.99. The van der Waals surface area contributed by atoms with Gasteiger partial charge in [0.1, 0.15) is 5.82 Å². The molecule has 7 heteroatoms. The molecular formula is C18H24N6O. The van der Waals surface area contributed by atoms with E-state index in [-0.39, 0.29) is 5.91 Å². The van der Waals surface area contributed by atoms with E-state index >= 15 is 0 Å². The number of nitrogens with one attached hydrogen (secondary N) is 1. The number of carbonyl (C=O) groups excluding carboxylic acids is 1. The number of aryl methyl sites for hydroxylation is 1. The minimum absolute atomic E-state index is 0.0477. The third kappa shape index (κ3) is 4.23. The molecule has 1 amide bonds. The summed E-state index contributed by atoms with van der Waals surface area (Å²) < 4.78 is 0. The molecule has 0 spiro atoms. The van der Waals surface area contributed by atoms with Gasteiger partial charge in [-0.1, -0.05) is 0 Å². The van der Waals surface area contributed by atoms with Crippen LogP contribution in [0.5, 0.6) is 0 Å². The van der Waals surface area contributed by atoms with Gasteiger partial charge in [-0.25, -0.2) is 0 Å². The van der Waals surface area contributed by atoms with Gasteiger partial charge in [0.2, 0.25) is 11.9 Å². The van der Waals surface area contributed by atoms with Gasteiger partial charge in [0.05, 0.1) is 0 Å². The molecule has 0 atom stereocenters. The summed E-state index contributed by atoms with van der Waals surface area (Å²) in [7, 11) is 3.84. The second-order valence-electron chi connectivity index (χ2n) is 6.64. The summed E-state index contributed by atoms with van der Waals surface area (Å²) in [6.45, 7) is 3.46. The normalized spacial score (nSPS) is 15.7. The van der Waals surface area contributed by atoms with Crippen molar-refractivity contribution in [3.63, 3.8) is 0 Å². The molecule has 25 heavy (non-hydrogen) atoms. The molecule has 132 valence electrons. The lowest BCUT2D eigenvalue weighted by Crippen LogP contribution is -2.37. The van der Waals surface area contributed by atoms with Gasteiger partial charge in [-0.15, -0.1) is 5.10 Å². The van der Waals surface area contributed by atoms with Gasteiger partial charge >= 0.3 is 0 Å². The number of nitrogens with zero attached hydrogens (tertiary/aromatic N) is 5. The van der Waals surface area contributed by atoms with Crippen molar-refractivity contribution in [2.75, 3.05) is 32.1 Å². The number of carbonyl (C=O) groups is 1. The maximum atomic E-state index is 12.4. The molecule has 0 radical (unpaired) electrons. The molecule has 1 aliphatic rings. The smallest absolute Gasteiger partial charge is 0.246 e. The minimum atomic E-state index is 0.0477. The molecule has 0 bridgehead atoms. The van der Waals surface area contributed by atoms with E-state index in [4.69, 9.17) is 0 Å². The van der Waals surface area contributed by atoms with E-state index < -0.39 is 0 Å². The van der Waals surface area contributed by atoms with Crippen molar-refractivity contribution in [1.82, 2.24) is 25.1 Å². The summed E-state index contributed by atoms with van der Waals surface area (Å²) in [5.41, 5.74) is 2.03. The first kappa shape index (κ1) is 17.1. The lowest BCUT2D eigenvalue weighted by atomic mass is 9.96. The van der Waals surface area contributed by atoms with Crippen LogP contribution in [0.1, 0.15) is 35.7 Å². The van der Waals surface area contributed by atoms with Crippen LogP contribution in [0, 0.1) is 6.92 Å². The van der Waals surface area contributed by atoms with Crippen LogP contribution in [0.25, 0.3) is 6.08 Å². The highest BCUT2D eigenvalue weighted by molar-refractivity contribution is 5.91. The molecule has 0 unspecified atom stereocenters. The van der Waals surface area contributed by atoms with Gasteiger partial charge in [-0.05, 0) is 43.0 Å². The number of piperidine rings is 1. The minimum Gasteiger partial charge on any atom is -0.346 e. The zero-order valence-corrected chi connectivity index (χ0v) is 14.9. The Kier molecular flexibility index (Phi) is 5.11. The molecule has 0 aliphatic carbocycles. The maximum absolute atomic E-state index is 12.4. The Hall–Kier alpha value is -2.70. The Morgan fingerprint density at radius 1 is 1.32 bits per heavy atom. The standard InChI is InChI=1S/C18H24N6O/c1-13-10-14(12-19-11-13)4-5-16(25)24-8-6-15(7-9-24)17-20-18(22-21-17)23(2)3/h4-5,10-12,15H,6-9H2,1-3H3,(H,20,21,22)/b5-4+. The Labute approximate surface area is 147 Å². The molecule has 1 aliphatic heterocycles. The average molecular weight is 340 g/mol. The maximum Gasteiger partial charge on any atom is 0.246 e. The Balaban J connectivity index is 1.55. The van der Waals surface area contributed by atoms with Crippen LogP contribution >= 0.6 is 0 Å². The van der Waals surface area contributed by atoms with Crippen LogP contribution in [0.2, 0.25) is 0 Å². The van der Waals surface area contributed by atoms with Crippen molar-refractivity contribution in [2.24, 2.45) is 0 Å². The zero-order valence-electron chi connectivity index (χ0n) is 14.9. The van der Waals surface area contributed by atoms with Gasteiger partial charge in [0.25, 0.3) is 0 Å². The summed E-state index contributed by atoms with van der Waals surface area (Å²) in [5, 5.41) is 7.23. The van der Waals surface area contributed by atoms with E-state index in [1.165, 1.54) is 0 Å². The number of pyridine rings is 1. The summed E-state index contributed by atoms with van der Waals surface area (Å²) in [6.07, 6.45) is 8.81. The quantitative estimate of drug-likeness (QED) is 0.861. The Morgan fingerprint density at radius 2 is 2.08 bits per heavy atom. The topological polar surface area (TPSA) is 78.0 Å². The van der Waals surface area contributed by atoms with E-state index in [1.54, 1.807) is 18.5 Å². The second kappa shape index (κ2) is 7.46. The average Bonchev–Trinajstić information content (AvgIpc) is 3.10. The fourth-order valence-electron chi connectivity index (χ4n) is 2.96. The van der Waals surface area contributed by atoms with E-state index in [9.17, 15) is 4.79 Å². The number of rotatable bonds is 4. The monoisotopic (exact) mass is 340 g/mol. The van der Waals surface area contributed by atoms with E-state index in [1.807, 2.05) is 43.0 Å². The van der Waals surface area contributed by atoms with Crippen LogP contribution in [0.15, 0.2) is 24.5 Å². The molecular weight excluding hydrogens is 316 g/mol. The predicted molar refractivity (Wildman–Crippen MR) is 97.3 cm³/mol. The van der Waals surface area contributed by atoms with Crippen molar-refractivity contribution >= 4 is 17.9 Å². The largest absolute Gasteiger partial charge is 0.346 e. The Bertz CT molecular complexity index is 758. The lowest BCUT2D eigenvalue weighted by molar-refractivity contribution is -0.127. The van der Waals surface area contributed by atoms with Crippen molar-refractivity contribution in [1.29, 1.82) is 0 Å². The van der Waals surface area contributed by atoms with Crippen molar-refractivity contribution in [2.45, 2.75) is 25.7 Å². The number of aromatic amines is 1. The summed E-state index contributed by atoms with van der Waals surface area (Å²) in [5.74, 6) is 1.99. The molecule has 3 rings (SSSR count). The first-order valence-electron chi connectivity index (χ1n) is 8.51. The third-order valence-corrected chi connectivity index (χ3v) is 4.40. The third-order valence-electron chi connectivity index (χ3n) is 4.40. The Morgan fingerprint density at radius 3 is 2.72 bits per heavy atom.